The van der Waals surface area contributed by atoms with Crippen molar-refractivity contribution < 1.29 is 19.1 Å². The van der Waals surface area contributed by atoms with E-state index in [2.05, 4.69) is 0 Å². The lowest BCUT2D eigenvalue weighted by atomic mass is 9.72. The molecule has 0 aromatic carbocycles. The molecule has 124 valence electrons. The standard InChI is InChI=1S/C17H27NO4/c1-10-9-13(19)14(15(20)12-7-6-8-12)11(2)18(10)16(21)22-17(3,4)5/h10-12,14H,6-9H2,1-5H3. The summed E-state index contributed by atoms with van der Waals surface area (Å²) in [4.78, 5) is 38.9. The number of Topliss-reactive ketones (excluding diaryl/α,β-unsaturated/α-hetero) is 2. The number of ether oxygens (including phenoxy) is 1. The van der Waals surface area contributed by atoms with Gasteiger partial charge in [-0.3, -0.25) is 9.59 Å². The van der Waals surface area contributed by atoms with Crippen molar-refractivity contribution in [2.45, 2.75) is 78.0 Å². The number of likely N-dealkylation sites (tertiary alicyclic amines) is 1. The number of ketones is 2. The third kappa shape index (κ3) is 3.33. The van der Waals surface area contributed by atoms with Gasteiger partial charge in [-0.2, -0.15) is 0 Å². The van der Waals surface area contributed by atoms with Gasteiger partial charge in [0.1, 0.15) is 17.2 Å². The average Bonchev–Trinajstić information content (AvgIpc) is 2.22. The molecule has 1 aliphatic carbocycles. The predicted molar refractivity (Wildman–Crippen MR) is 82.5 cm³/mol. The quantitative estimate of drug-likeness (QED) is 0.736. The first-order valence-electron chi connectivity index (χ1n) is 8.19. The maximum absolute atomic E-state index is 12.6. The summed E-state index contributed by atoms with van der Waals surface area (Å²) in [7, 11) is 0. The zero-order chi connectivity index (χ0) is 16.7. The van der Waals surface area contributed by atoms with E-state index in [1.807, 2.05) is 27.7 Å². The highest BCUT2D eigenvalue weighted by molar-refractivity contribution is 6.05. The van der Waals surface area contributed by atoms with Gasteiger partial charge in [-0.25, -0.2) is 4.79 Å². The van der Waals surface area contributed by atoms with Crippen LogP contribution in [0.4, 0.5) is 4.79 Å². The van der Waals surface area contributed by atoms with Gasteiger partial charge in [-0.05, 0) is 47.5 Å². The maximum Gasteiger partial charge on any atom is 0.410 e. The van der Waals surface area contributed by atoms with E-state index in [-0.39, 0.29) is 29.9 Å². The smallest absolute Gasteiger partial charge is 0.410 e. The Morgan fingerprint density at radius 2 is 1.77 bits per heavy atom. The molecule has 3 unspecified atom stereocenters. The number of amides is 1. The minimum Gasteiger partial charge on any atom is -0.444 e. The number of carbonyl (C=O) groups excluding carboxylic acids is 3. The highest BCUT2D eigenvalue weighted by Gasteiger charge is 2.47. The lowest BCUT2D eigenvalue weighted by Gasteiger charge is -2.43. The van der Waals surface area contributed by atoms with E-state index in [1.54, 1.807) is 11.8 Å². The van der Waals surface area contributed by atoms with Crippen LogP contribution >= 0.6 is 0 Å². The second kappa shape index (κ2) is 6.01. The van der Waals surface area contributed by atoms with Crippen molar-refractivity contribution in [3.05, 3.63) is 0 Å². The number of piperidine rings is 1. The molecule has 5 heteroatoms. The van der Waals surface area contributed by atoms with E-state index in [4.69, 9.17) is 4.74 Å². The van der Waals surface area contributed by atoms with Crippen molar-refractivity contribution in [2.24, 2.45) is 11.8 Å². The van der Waals surface area contributed by atoms with Crippen LogP contribution in [0, 0.1) is 11.8 Å². The molecule has 0 radical (unpaired) electrons. The fraction of sp³-hybridized carbons (Fsp3) is 0.824. The molecular weight excluding hydrogens is 282 g/mol. The Balaban J connectivity index is 2.17. The molecule has 2 aliphatic rings. The molecule has 0 aromatic rings. The monoisotopic (exact) mass is 309 g/mol. The Morgan fingerprint density at radius 1 is 1.18 bits per heavy atom. The van der Waals surface area contributed by atoms with Gasteiger partial charge in [0.2, 0.25) is 0 Å². The molecule has 0 spiro atoms. The molecule has 0 N–H and O–H groups in total. The summed E-state index contributed by atoms with van der Waals surface area (Å²) in [6.07, 6.45) is 2.59. The topological polar surface area (TPSA) is 63.7 Å². The van der Waals surface area contributed by atoms with E-state index in [1.165, 1.54) is 0 Å². The van der Waals surface area contributed by atoms with Gasteiger partial charge in [0.25, 0.3) is 0 Å². The van der Waals surface area contributed by atoms with Crippen molar-refractivity contribution in [3.8, 4) is 0 Å². The zero-order valence-corrected chi connectivity index (χ0v) is 14.2. The number of carbonyl (C=O) groups is 3. The van der Waals surface area contributed by atoms with Crippen LogP contribution in [0.3, 0.4) is 0 Å². The molecule has 5 nitrogen and oxygen atoms in total. The van der Waals surface area contributed by atoms with Crippen LogP contribution in [0.5, 0.6) is 0 Å². The molecule has 1 heterocycles. The second-order valence-corrected chi connectivity index (χ2v) is 7.66. The Morgan fingerprint density at radius 3 is 2.23 bits per heavy atom. The third-order valence-corrected chi connectivity index (χ3v) is 4.66. The van der Waals surface area contributed by atoms with Crippen LogP contribution < -0.4 is 0 Å². The van der Waals surface area contributed by atoms with Crippen LogP contribution in [0.2, 0.25) is 0 Å². The van der Waals surface area contributed by atoms with Crippen LogP contribution in [-0.2, 0) is 14.3 Å². The molecule has 22 heavy (non-hydrogen) atoms. The molecule has 1 saturated heterocycles. The van der Waals surface area contributed by atoms with Crippen LogP contribution in [-0.4, -0.2) is 40.2 Å². The molecule has 3 atom stereocenters. The molecule has 2 rings (SSSR count). The van der Waals surface area contributed by atoms with E-state index in [0.717, 1.165) is 19.3 Å². The fourth-order valence-electron chi connectivity index (χ4n) is 3.35. The summed E-state index contributed by atoms with van der Waals surface area (Å²) >= 11 is 0. The molecule has 1 amide bonds. The first-order valence-corrected chi connectivity index (χ1v) is 8.19. The second-order valence-electron chi connectivity index (χ2n) is 7.66. The molecule has 2 fully saturated rings. The average molecular weight is 309 g/mol. The number of hydrogen-bond acceptors (Lipinski definition) is 4. The number of rotatable bonds is 2. The minimum absolute atomic E-state index is 0.00490. The zero-order valence-electron chi connectivity index (χ0n) is 14.2. The maximum atomic E-state index is 12.6. The summed E-state index contributed by atoms with van der Waals surface area (Å²) in [6, 6.07) is -0.665. The summed E-state index contributed by atoms with van der Waals surface area (Å²) < 4.78 is 5.45. The van der Waals surface area contributed by atoms with Gasteiger partial charge in [-0.1, -0.05) is 6.42 Å². The highest BCUT2D eigenvalue weighted by atomic mass is 16.6. The van der Waals surface area contributed by atoms with Gasteiger partial charge in [0.05, 0.1) is 5.92 Å². The molecular formula is C17H27NO4. The third-order valence-electron chi connectivity index (χ3n) is 4.66. The van der Waals surface area contributed by atoms with Gasteiger partial charge in [0.15, 0.2) is 0 Å². The molecule has 0 aromatic heterocycles. The summed E-state index contributed by atoms with van der Waals surface area (Å²) in [5.74, 6) is -0.694. The van der Waals surface area contributed by atoms with Crippen molar-refractivity contribution in [2.75, 3.05) is 0 Å². The first kappa shape index (κ1) is 17.0. The lowest BCUT2D eigenvalue weighted by Crippen LogP contribution is -2.58. The number of nitrogens with zero attached hydrogens (tertiary/aromatic N) is 1. The lowest BCUT2D eigenvalue weighted by molar-refractivity contribution is -0.143. The summed E-state index contributed by atoms with van der Waals surface area (Å²) in [6.45, 7) is 9.06. The van der Waals surface area contributed by atoms with Gasteiger partial charge in [0, 0.05) is 24.4 Å². The molecule has 1 aliphatic heterocycles. The normalized spacial score (nSPS) is 30.0. The van der Waals surface area contributed by atoms with Crippen molar-refractivity contribution in [3.63, 3.8) is 0 Å². The van der Waals surface area contributed by atoms with Crippen LogP contribution in [0.15, 0.2) is 0 Å². The van der Waals surface area contributed by atoms with E-state index >= 15 is 0 Å². The Hall–Kier alpha value is -1.39. The van der Waals surface area contributed by atoms with E-state index in [0.29, 0.717) is 0 Å². The van der Waals surface area contributed by atoms with Crippen LogP contribution in [0.25, 0.3) is 0 Å². The van der Waals surface area contributed by atoms with Crippen molar-refractivity contribution >= 4 is 17.7 Å². The Bertz CT molecular complexity index is 476. The van der Waals surface area contributed by atoms with Gasteiger partial charge >= 0.3 is 6.09 Å². The molecule has 1 saturated carbocycles. The van der Waals surface area contributed by atoms with Gasteiger partial charge < -0.3 is 9.64 Å². The largest absolute Gasteiger partial charge is 0.444 e. The Labute approximate surface area is 132 Å². The Kier molecular flexibility index (Phi) is 4.64. The predicted octanol–water partition coefficient (Wildman–Crippen LogP) is 2.96. The number of hydrogen-bond donors (Lipinski definition) is 0. The minimum atomic E-state index is -0.686. The van der Waals surface area contributed by atoms with E-state index < -0.39 is 23.7 Å². The van der Waals surface area contributed by atoms with Crippen LogP contribution in [0.1, 0.15) is 60.3 Å². The van der Waals surface area contributed by atoms with Crippen molar-refractivity contribution in [1.82, 2.24) is 4.90 Å². The highest BCUT2D eigenvalue weighted by Crippen LogP contribution is 2.35. The first-order chi connectivity index (χ1) is 10.1. The summed E-state index contributed by atoms with van der Waals surface area (Å²) in [5, 5.41) is 0. The fourth-order valence-corrected chi connectivity index (χ4v) is 3.35. The van der Waals surface area contributed by atoms with Gasteiger partial charge in [-0.15, -0.1) is 0 Å². The molecule has 0 bridgehead atoms. The summed E-state index contributed by atoms with van der Waals surface area (Å²) in [5.41, 5.74) is -0.592. The SMILES string of the molecule is CC1CC(=O)C(C(=O)C2CCC2)C(C)N1C(=O)OC(C)(C)C. The van der Waals surface area contributed by atoms with Crippen molar-refractivity contribution in [1.29, 1.82) is 0 Å². The van der Waals surface area contributed by atoms with E-state index in [9.17, 15) is 14.4 Å².